The molecule has 1 heterocycles. The van der Waals surface area contributed by atoms with E-state index in [4.69, 9.17) is 4.74 Å². The molecule has 0 atom stereocenters. The highest BCUT2D eigenvalue weighted by molar-refractivity contribution is 9.10. The Labute approximate surface area is 220 Å². The largest absolute Gasteiger partial charge is 0.460 e. The number of amides is 1. The minimum atomic E-state index is -0.466. The van der Waals surface area contributed by atoms with E-state index in [1.807, 2.05) is 93.6 Å². The van der Waals surface area contributed by atoms with Gasteiger partial charge in [0.05, 0.1) is 23.4 Å². The van der Waals surface area contributed by atoms with Gasteiger partial charge in [0.25, 0.3) is 5.91 Å². The van der Waals surface area contributed by atoms with Crippen molar-refractivity contribution in [3.05, 3.63) is 94.0 Å². The molecule has 0 saturated heterocycles. The van der Waals surface area contributed by atoms with Crippen molar-refractivity contribution in [2.45, 2.75) is 39.3 Å². The Morgan fingerprint density at radius 1 is 1.00 bits per heavy atom. The summed E-state index contributed by atoms with van der Waals surface area (Å²) in [4.78, 5) is 24.9. The van der Waals surface area contributed by atoms with Crippen molar-refractivity contribution in [1.29, 1.82) is 0 Å². The summed E-state index contributed by atoms with van der Waals surface area (Å²) < 4.78 is 6.24. The number of anilines is 2. The van der Waals surface area contributed by atoms with Crippen LogP contribution in [0.15, 0.2) is 77.3 Å². The lowest BCUT2D eigenvalue weighted by Crippen LogP contribution is -2.26. The van der Waals surface area contributed by atoms with E-state index in [9.17, 15) is 9.59 Å². The first-order chi connectivity index (χ1) is 17.2. The van der Waals surface area contributed by atoms with Crippen LogP contribution in [0.3, 0.4) is 0 Å². The highest BCUT2D eigenvalue weighted by atomic mass is 79.9. The molecule has 0 spiro atoms. The van der Waals surface area contributed by atoms with Crippen molar-refractivity contribution in [3.8, 4) is 0 Å². The Morgan fingerprint density at radius 3 is 2.42 bits per heavy atom. The van der Waals surface area contributed by atoms with E-state index in [0.29, 0.717) is 25.1 Å². The van der Waals surface area contributed by atoms with Gasteiger partial charge in [0.2, 0.25) is 0 Å². The third kappa shape index (κ3) is 6.62. The zero-order valence-corrected chi connectivity index (χ0v) is 22.2. The Kier molecular flexibility index (Phi) is 7.91. The first-order valence-electron chi connectivity index (χ1n) is 11.9. The van der Waals surface area contributed by atoms with Gasteiger partial charge in [0.15, 0.2) is 0 Å². The second-order valence-electron chi connectivity index (χ2n) is 9.60. The summed E-state index contributed by atoms with van der Waals surface area (Å²) in [6.07, 6.45) is 0.324. The average Bonchev–Trinajstić information content (AvgIpc) is 3.15. The molecule has 0 aliphatic carbocycles. The van der Waals surface area contributed by atoms with Crippen LogP contribution in [0.25, 0.3) is 11.3 Å². The smallest absolute Gasteiger partial charge is 0.307 e. The molecule has 7 heteroatoms. The molecule has 36 heavy (non-hydrogen) atoms. The Balaban J connectivity index is 1.48. The van der Waals surface area contributed by atoms with E-state index in [2.05, 4.69) is 31.9 Å². The lowest BCUT2D eigenvalue weighted by Gasteiger charge is -2.19. The fraction of sp³-hybridized carbons (Fsp3) is 0.241. The van der Waals surface area contributed by atoms with Crippen LogP contribution in [0.5, 0.6) is 0 Å². The van der Waals surface area contributed by atoms with Crippen molar-refractivity contribution in [1.82, 2.24) is 5.32 Å². The molecule has 0 unspecified atom stereocenters. The lowest BCUT2D eigenvalue weighted by atomic mass is 10.00. The van der Waals surface area contributed by atoms with Crippen LogP contribution in [0.2, 0.25) is 0 Å². The normalized spacial score (nSPS) is 14.2. The molecule has 0 saturated carbocycles. The summed E-state index contributed by atoms with van der Waals surface area (Å²) >= 11 is 3.48. The predicted molar refractivity (Wildman–Crippen MR) is 148 cm³/mol. The number of hydrogen-bond acceptors (Lipinski definition) is 5. The van der Waals surface area contributed by atoms with Crippen LogP contribution >= 0.6 is 15.9 Å². The monoisotopic (exact) mass is 547 g/mol. The van der Waals surface area contributed by atoms with Gasteiger partial charge >= 0.3 is 5.97 Å². The van der Waals surface area contributed by atoms with Crippen LogP contribution in [0.1, 0.15) is 43.9 Å². The molecule has 1 aliphatic rings. The quantitative estimate of drug-likeness (QED) is 0.177. The van der Waals surface area contributed by atoms with E-state index >= 15 is 0 Å². The van der Waals surface area contributed by atoms with Gasteiger partial charge in [-0.1, -0.05) is 64.5 Å². The number of carbonyl (C=O) groups excluding carboxylic acids is 2. The summed E-state index contributed by atoms with van der Waals surface area (Å²) in [6, 6.07) is 23.7. The summed E-state index contributed by atoms with van der Waals surface area (Å²) in [7, 11) is 0. The summed E-state index contributed by atoms with van der Waals surface area (Å²) in [6.45, 7) is 6.78. The Bertz CT molecular complexity index is 1280. The summed E-state index contributed by atoms with van der Waals surface area (Å²) in [5.74, 6) is -0.346. The van der Waals surface area contributed by atoms with Gasteiger partial charge in [-0.05, 0) is 56.2 Å². The minimum absolute atomic E-state index is 0.139. The molecule has 1 aliphatic heterocycles. The number of carbonyl (C=O) groups is 2. The third-order valence-electron chi connectivity index (χ3n) is 5.52. The maximum atomic E-state index is 13.0. The van der Waals surface area contributed by atoms with Crippen molar-refractivity contribution in [2.75, 3.05) is 17.2 Å². The topological polar surface area (TPSA) is 79.5 Å². The fourth-order valence-electron chi connectivity index (χ4n) is 3.94. The molecular weight excluding hydrogens is 518 g/mol. The van der Waals surface area contributed by atoms with Crippen LogP contribution in [0, 0.1) is 0 Å². The van der Waals surface area contributed by atoms with Gasteiger partial charge in [-0.25, -0.2) is 0 Å². The van der Waals surface area contributed by atoms with Gasteiger partial charge in [-0.2, -0.15) is 0 Å². The van der Waals surface area contributed by atoms with Crippen LogP contribution in [-0.4, -0.2) is 24.0 Å². The van der Waals surface area contributed by atoms with Crippen molar-refractivity contribution in [3.63, 3.8) is 0 Å². The predicted octanol–water partition coefficient (Wildman–Crippen LogP) is 6.20. The van der Waals surface area contributed by atoms with E-state index in [1.54, 1.807) is 0 Å². The molecule has 0 fully saturated rings. The molecule has 4 rings (SSSR count). The van der Waals surface area contributed by atoms with Crippen molar-refractivity contribution >= 4 is 50.5 Å². The number of ether oxygens (including phenoxy) is 1. The van der Waals surface area contributed by atoms with Gasteiger partial charge in [-0.3, -0.25) is 9.59 Å². The highest BCUT2D eigenvalue weighted by Crippen LogP contribution is 2.38. The van der Waals surface area contributed by atoms with Crippen LogP contribution in [-0.2, 0) is 20.9 Å². The molecule has 6 nitrogen and oxygen atoms in total. The van der Waals surface area contributed by atoms with Crippen molar-refractivity contribution < 1.29 is 14.3 Å². The number of fused-ring (bicyclic) bond motifs is 1. The average molecular weight is 548 g/mol. The number of nitrogens with one attached hydrogen (secondary N) is 3. The second kappa shape index (κ2) is 11.1. The molecule has 1 amide bonds. The van der Waals surface area contributed by atoms with Gasteiger partial charge in [0.1, 0.15) is 5.60 Å². The minimum Gasteiger partial charge on any atom is -0.460 e. The second-order valence-corrected chi connectivity index (χ2v) is 10.5. The first-order valence-corrected chi connectivity index (χ1v) is 12.7. The standard InChI is InChI=1S/C29H30BrN3O3/c1-29(2,3)36-25(34)15-16-31-18-19-9-12-22(13-10-19)32-27(20-7-5-4-6-8-20)26-23-14-11-21(30)17-24(23)33-28(26)35/h4-14,17,31-32H,15-16,18H2,1-3H3,(H,33,35)/b27-26-. The maximum Gasteiger partial charge on any atom is 0.307 e. The van der Waals surface area contributed by atoms with E-state index in [-0.39, 0.29) is 11.9 Å². The Hall–Kier alpha value is -3.42. The lowest BCUT2D eigenvalue weighted by molar-refractivity contribution is -0.154. The number of rotatable bonds is 8. The molecule has 3 N–H and O–H groups in total. The molecule has 0 aromatic heterocycles. The zero-order chi connectivity index (χ0) is 25.7. The van der Waals surface area contributed by atoms with Crippen molar-refractivity contribution in [2.24, 2.45) is 0 Å². The molecule has 186 valence electrons. The maximum absolute atomic E-state index is 13.0. The van der Waals surface area contributed by atoms with E-state index < -0.39 is 5.60 Å². The molecule has 3 aromatic carbocycles. The zero-order valence-electron chi connectivity index (χ0n) is 20.7. The highest BCUT2D eigenvalue weighted by Gasteiger charge is 2.28. The van der Waals surface area contributed by atoms with E-state index in [1.165, 1.54) is 0 Å². The van der Waals surface area contributed by atoms with Crippen LogP contribution < -0.4 is 16.0 Å². The van der Waals surface area contributed by atoms with Gasteiger partial charge < -0.3 is 20.7 Å². The number of benzene rings is 3. The summed E-state index contributed by atoms with van der Waals surface area (Å²) in [5, 5.41) is 9.74. The Morgan fingerprint density at radius 2 is 1.72 bits per heavy atom. The van der Waals surface area contributed by atoms with Gasteiger partial charge in [-0.15, -0.1) is 0 Å². The molecule has 3 aromatic rings. The summed E-state index contributed by atoms with van der Waals surface area (Å²) in [5.41, 5.74) is 5.42. The van der Waals surface area contributed by atoms with E-state index in [0.717, 1.165) is 38.2 Å². The van der Waals surface area contributed by atoms with Crippen LogP contribution in [0.4, 0.5) is 11.4 Å². The number of halogens is 1. The molecular formula is C29H30BrN3O3. The molecule has 0 radical (unpaired) electrons. The number of esters is 1. The first kappa shape index (κ1) is 25.7. The SMILES string of the molecule is CC(C)(C)OC(=O)CCNCc1ccc(N/C(=C2\C(=O)Nc3cc(Br)ccc32)c2ccccc2)cc1. The number of hydrogen-bond donors (Lipinski definition) is 3. The van der Waals surface area contributed by atoms with Gasteiger partial charge in [0, 0.05) is 28.8 Å². The third-order valence-corrected chi connectivity index (χ3v) is 6.01. The molecule has 0 bridgehead atoms. The fourth-order valence-corrected chi connectivity index (χ4v) is 4.30.